The normalized spacial score (nSPS) is 19.1. The van der Waals surface area contributed by atoms with Crippen LogP contribution in [0.15, 0.2) is 30.3 Å². The third kappa shape index (κ3) is 4.28. The number of hydrogen-bond donors (Lipinski definition) is 1. The molecule has 0 unspecified atom stereocenters. The molecule has 1 N–H and O–H groups in total. The summed E-state index contributed by atoms with van der Waals surface area (Å²) in [5.41, 5.74) is 0.565. The summed E-state index contributed by atoms with van der Waals surface area (Å²) in [4.78, 5) is 2.30. The summed E-state index contributed by atoms with van der Waals surface area (Å²) < 4.78 is 38.0. The smallest absolute Gasteiger partial charge is 0.416 e. The Morgan fingerprint density at radius 1 is 1.20 bits per heavy atom. The van der Waals surface area contributed by atoms with E-state index in [0.717, 1.165) is 37.7 Å². The largest absolute Gasteiger partial charge is 0.507 e. The van der Waals surface area contributed by atoms with Gasteiger partial charge in [-0.05, 0) is 69.1 Å². The summed E-state index contributed by atoms with van der Waals surface area (Å²) in [6, 6.07) is 6.38. The van der Waals surface area contributed by atoms with Crippen LogP contribution in [0.1, 0.15) is 24.1 Å². The predicted octanol–water partition coefficient (Wildman–Crippen LogP) is 3.75. The fraction of sp³-hybridized carbons (Fsp3) is 0.444. The van der Waals surface area contributed by atoms with E-state index in [0.29, 0.717) is 17.7 Å². The van der Waals surface area contributed by atoms with Crippen molar-refractivity contribution in [3.8, 4) is 17.0 Å². The second-order valence-corrected chi connectivity index (χ2v) is 6.61. The van der Waals surface area contributed by atoms with Gasteiger partial charge in [0.2, 0.25) is 0 Å². The molecule has 2 heterocycles. The van der Waals surface area contributed by atoms with Gasteiger partial charge in [0.1, 0.15) is 5.75 Å². The SMILES string of the molecule is CN1CCC[C@@H](Cc2ccc(-c3ccc(C(F)(F)F)cc3O)nn2)C1. The van der Waals surface area contributed by atoms with Crippen molar-refractivity contribution in [2.24, 2.45) is 5.92 Å². The van der Waals surface area contributed by atoms with E-state index < -0.39 is 17.5 Å². The molecule has 7 heteroatoms. The van der Waals surface area contributed by atoms with Crippen LogP contribution in [-0.4, -0.2) is 40.3 Å². The van der Waals surface area contributed by atoms with E-state index in [1.165, 1.54) is 12.5 Å². The van der Waals surface area contributed by atoms with Gasteiger partial charge in [-0.1, -0.05) is 0 Å². The number of piperidine rings is 1. The van der Waals surface area contributed by atoms with Gasteiger partial charge in [0.05, 0.1) is 17.0 Å². The standard InChI is InChI=1S/C18H20F3N3O/c1-24-8-2-3-12(11-24)9-14-5-7-16(23-22-14)15-6-4-13(10-17(15)25)18(19,20)21/h4-7,10,12,25H,2-3,8-9,11H2,1H3/t12-/m0/s1. The molecule has 1 aromatic heterocycles. The highest BCUT2D eigenvalue weighted by Gasteiger charge is 2.31. The number of halogens is 3. The number of hydrogen-bond acceptors (Lipinski definition) is 4. The molecule has 1 aliphatic rings. The first kappa shape index (κ1) is 17.7. The fourth-order valence-electron chi connectivity index (χ4n) is 3.27. The van der Waals surface area contributed by atoms with Gasteiger partial charge in [0, 0.05) is 12.1 Å². The Balaban J connectivity index is 1.74. The van der Waals surface area contributed by atoms with Gasteiger partial charge in [-0.15, -0.1) is 0 Å². The van der Waals surface area contributed by atoms with E-state index in [9.17, 15) is 18.3 Å². The van der Waals surface area contributed by atoms with Crippen LogP contribution in [0.25, 0.3) is 11.3 Å². The van der Waals surface area contributed by atoms with Crippen LogP contribution in [0.5, 0.6) is 5.75 Å². The first-order valence-corrected chi connectivity index (χ1v) is 8.24. The third-order valence-electron chi connectivity index (χ3n) is 4.54. The van der Waals surface area contributed by atoms with Gasteiger partial charge in [-0.25, -0.2) is 0 Å². The molecule has 3 rings (SSSR count). The Kier molecular flexibility index (Phi) is 4.94. The van der Waals surface area contributed by atoms with Crippen molar-refractivity contribution in [3.05, 3.63) is 41.6 Å². The number of phenolic OH excluding ortho intramolecular Hbond substituents is 1. The van der Waals surface area contributed by atoms with E-state index >= 15 is 0 Å². The van der Waals surface area contributed by atoms with Crippen molar-refractivity contribution in [1.29, 1.82) is 0 Å². The van der Waals surface area contributed by atoms with Crippen molar-refractivity contribution in [3.63, 3.8) is 0 Å². The average molecular weight is 351 g/mol. The van der Waals surface area contributed by atoms with Crippen molar-refractivity contribution in [2.45, 2.75) is 25.4 Å². The molecular weight excluding hydrogens is 331 g/mol. The lowest BCUT2D eigenvalue weighted by Crippen LogP contribution is -2.33. The summed E-state index contributed by atoms with van der Waals surface area (Å²) in [7, 11) is 2.11. The highest BCUT2D eigenvalue weighted by molar-refractivity contribution is 5.67. The van der Waals surface area contributed by atoms with Gasteiger partial charge in [0.15, 0.2) is 0 Å². The van der Waals surface area contributed by atoms with E-state index in [1.54, 1.807) is 6.07 Å². The topological polar surface area (TPSA) is 49.2 Å². The number of likely N-dealkylation sites (tertiary alicyclic amines) is 1. The Labute approximate surface area is 144 Å². The van der Waals surface area contributed by atoms with Gasteiger partial charge in [-0.2, -0.15) is 23.4 Å². The minimum Gasteiger partial charge on any atom is -0.507 e. The van der Waals surface area contributed by atoms with Crippen molar-refractivity contribution >= 4 is 0 Å². The van der Waals surface area contributed by atoms with Gasteiger partial charge in [0.25, 0.3) is 0 Å². The van der Waals surface area contributed by atoms with Crippen LogP contribution in [0.4, 0.5) is 13.2 Å². The molecule has 0 radical (unpaired) electrons. The predicted molar refractivity (Wildman–Crippen MR) is 88.1 cm³/mol. The van der Waals surface area contributed by atoms with E-state index in [-0.39, 0.29) is 5.56 Å². The molecule has 1 fully saturated rings. The molecular formula is C18H20F3N3O. The molecule has 25 heavy (non-hydrogen) atoms. The lowest BCUT2D eigenvalue weighted by atomic mass is 9.93. The first-order valence-electron chi connectivity index (χ1n) is 8.24. The lowest BCUT2D eigenvalue weighted by molar-refractivity contribution is -0.137. The Morgan fingerprint density at radius 3 is 2.60 bits per heavy atom. The second kappa shape index (κ2) is 7.00. The van der Waals surface area contributed by atoms with E-state index in [4.69, 9.17) is 0 Å². The van der Waals surface area contributed by atoms with Crippen molar-refractivity contribution in [2.75, 3.05) is 20.1 Å². The molecule has 1 atom stereocenters. The molecule has 2 aromatic rings. The molecule has 0 spiro atoms. The summed E-state index contributed by atoms with van der Waals surface area (Å²) in [5.74, 6) is 0.0872. The summed E-state index contributed by atoms with van der Waals surface area (Å²) in [6.07, 6.45) is -1.32. The van der Waals surface area contributed by atoms with E-state index in [2.05, 4.69) is 22.1 Å². The van der Waals surface area contributed by atoms with Crippen molar-refractivity contribution < 1.29 is 18.3 Å². The molecule has 1 aliphatic heterocycles. The van der Waals surface area contributed by atoms with Crippen molar-refractivity contribution in [1.82, 2.24) is 15.1 Å². The highest BCUT2D eigenvalue weighted by atomic mass is 19.4. The van der Waals surface area contributed by atoms with Crippen LogP contribution < -0.4 is 0 Å². The fourth-order valence-corrected chi connectivity index (χ4v) is 3.27. The molecule has 0 bridgehead atoms. The molecule has 0 aliphatic carbocycles. The Hall–Kier alpha value is -2.15. The summed E-state index contributed by atoms with van der Waals surface area (Å²) >= 11 is 0. The molecule has 1 saturated heterocycles. The zero-order valence-electron chi connectivity index (χ0n) is 13.9. The van der Waals surface area contributed by atoms with Crippen LogP contribution in [0, 0.1) is 5.92 Å². The number of rotatable bonds is 3. The summed E-state index contributed by atoms with van der Waals surface area (Å²) in [5, 5.41) is 18.2. The number of aromatic nitrogens is 2. The lowest BCUT2D eigenvalue weighted by Gasteiger charge is -2.29. The minimum atomic E-state index is -4.49. The zero-order chi connectivity index (χ0) is 18.0. The highest BCUT2D eigenvalue weighted by Crippen LogP contribution is 2.35. The van der Waals surface area contributed by atoms with Crippen LogP contribution in [-0.2, 0) is 12.6 Å². The Morgan fingerprint density at radius 2 is 2.00 bits per heavy atom. The number of phenols is 1. The maximum absolute atomic E-state index is 12.7. The molecule has 134 valence electrons. The molecule has 0 saturated carbocycles. The van der Waals surface area contributed by atoms with Gasteiger partial charge >= 0.3 is 6.18 Å². The molecule has 4 nitrogen and oxygen atoms in total. The molecule has 1 aromatic carbocycles. The monoisotopic (exact) mass is 351 g/mol. The van der Waals surface area contributed by atoms with Gasteiger partial charge in [-0.3, -0.25) is 0 Å². The van der Waals surface area contributed by atoms with Crippen LogP contribution >= 0.6 is 0 Å². The van der Waals surface area contributed by atoms with Crippen LogP contribution in [0.2, 0.25) is 0 Å². The summed E-state index contributed by atoms with van der Waals surface area (Å²) in [6.45, 7) is 2.15. The van der Waals surface area contributed by atoms with E-state index in [1.807, 2.05) is 6.07 Å². The van der Waals surface area contributed by atoms with Gasteiger partial charge < -0.3 is 10.0 Å². The third-order valence-corrected chi connectivity index (χ3v) is 4.54. The number of aromatic hydroxyl groups is 1. The quantitative estimate of drug-likeness (QED) is 0.915. The average Bonchev–Trinajstić information content (AvgIpc) is 2.55. The molecule has 0 amide bonds. The van der Waals surface area contributed by atoms with Crippen LogP contribution in [0.3, 0.4) is 0 Å². The number of alkyl halides is 3. The Bertz CT molecular complexity index is 731. The number of nitrogens with zero attached hydrogens (tertiary/aromatic N) is 3. The zero-order valence-corrected chi connectivity index (χ0v) is 13.9. The maximum atomic E-state index is 12.7. The number of benzene rings is 1. The first-order chi connectivity index (χ1) is 11.8. The minimum absolute atomic E-state index is 0.240. The second-order valence-electron chi connectivity index (χ2n) is 6.61. The maximum Gasteiger partial charge on any atom is 0.416 e.